The Balaban J connectivity index is 1.71. The summed E-state index contributed by atoms with van der Waals surface area (Å²) in [5.74, 6) is -0.572. The normalized spacial score (nSPS) is 19.1. The third-order valence-corrected chi connectivity index (χ3v) is 4.59. The van der Waals surface area contributed by atoms with Crippen molar-refractivity contribution in [1.29, 1.82) is 0 Å². The van der Waals surface area contributed by atoms with Crippen molar-refractivity contribution < 1.29 is 24.2 Å². The number of hydrogen-bond acceptors (Lipinski definition) is 5. The SMILES string of the molecule is COC1CC(CC(=O)O)N(C(=O)c2cccc(OCc3cccnc3)c2)C1. The van der Waals surface area contributed by atoms with Crippen LogP contribution in [0.5, 0.6) is 5.75 Å². The first kappa shape index (κ1) is 18.8. The smallest absolute Gasteiger partial charge is 0.305 e. The predicted molar refractivity (Wildman–Crippen MR) is 97.5 cm³/mol. The van der Waals surface area contributed by atoms with Gasteiger partial charge >= 0.3 is 5.97 Å². The Morgan fingerprint density at radius 3 is 2.85 bits per heavy atom. The zero-order valence-corrected chi connectivity index (χ0v) is 15.1. The minimum atomic E-state index is -0.928. The van der Waals surface area contributed by atoms with E-state index in [2.05, 4.69) is 4.98 Å². The van der Waals surface area contributed by atoms with E-state index in [0.29, 0.717) is 30.9 Å². The second-order valence-electron chi connectivity index (χ2n) is 6.48. The van der Waals surface area contributed by atoms with E-state index in [-0.39, 0.29) is 24.5 Å². The summed E-state index contributed by atoms with van der Waals surface area (Å²) in [5.41, 5.74) is 1.39. The summed E-state index contributed by atoms with van der Waals surface area (Å²) < 4.78 is 11.1. The molecule has 7 nitrogen and oxygen atoms in total. The summed E-state index contributed by atoms with van der Waals surface area (Å²) in [6.45, 7) is 0.733. The van der Waals surface area contributed by atoms with Gasteiger partial charge in [-0.2, -0.15) is 0 Å². The van der Waals surface area contributed by atoms with Crippen molar-refractivity contribution in [1.82, 2.24) is 9.88 Å². The molecule has 1 saturated heterocycles. The minimum absolute atomic E-state index is 0.0944. The van der Waals surface area contributed by atoms with Crippen molar-refractivity contribution >= 4 is 11.9 Å². The molecular weight excluding hydrogens is 348 g/mol. The van der Waals surface area contributed by atoms with Crippen LogP contribution in [0.3, 0.4) is 0 Å². The average Bonchev–Trinajstić information content (AvgIpc) is 3.09. The Morgan fingerprint density at radius 2 is 2.15 bits per heavy atom. The fourth-order valence-electron chi connectivity index (χ4n) is 3.22. The van der Waals surface area contributed by atoms with E-state index in [0.717, 1.165) is 5.56 Å². The third-order valence-electron chi connectivity index (χ3n) is 4.59. The maximum absolute atomic E-state index is 12.9. The molecule has 0 aliphatic carbocycles. The highest BCUT2D eigenvalue weighted by Crippen LogP contribution is 2.26. The molecule has 142 valence electrons. The number of aromatic nitrogens is 1. The molecule has 2 unspecified atom stereocenters. The van der Waals surface area contributed by atoms with Gasteiger partial charge in [-0.3, -0.25) is 14.6 Å². The number of benzene rings is 1. The predicted octanol–water partition coefficient (Wildman–Crippen LogP) is 2.36. The van der Waals surface area contributed by atoms with E-state index in [1.807, 2.05) is 12.1 Å². The van der Waals surface area contributed by atoms with Gasteiger partial charge in [0.25, 0.3) is 5.91 Å². The van der Waals surface area contributed by atoms with Crippen LogP contribution in [-0.4, -0.2) is 52.7 Å². The first-order valence-electron chi connectivity index (χ1n) is 8.74. The van der Waals surface area contributed by atoms with Gasteiger partial charge in [0, 0.05) is 43.2 Å². The van der Waals surface area contributed by atoms with Crippen molar-refractivity contribution in [2.75, 3.05) is 13.7 Å². The number of rotatable bonds is 7. The lowest BCUT2D eigenvalue weighted by molar-refractivity contribution is -0.138. The van der Waals surface area contributed by atoms with Crippen molar-refractivity contribution in [3.05, 3.63) is 59.9 Å². The van der Waals surface area contributed by atoms with Gasteiger partial charge in [0.1, 0.15) is 12.4 Å². The van der Waals surface area contributed by atoms with E-state index in [1.54, 1.807) is 48.7 Å². The van der Waals surface area contributed by atoms with Gasteiger partial charge in [-0.15, -0.1) is 0 Å². The second kappa shape index (κ2) is 8.64. The minimum Gasteiger partial charge on any atom is -0.489 e. The number of carboxylic acid groups (broad SMARTS) is 1. The molecule has 2 heterocycles. The Morgan fingerprint density at radius 1 is 1.30 bits per heavy atom. The van der Waals surface area contributed by atoms with Gasteiger partial charge in [-0.1, -0.05) is 12.1 Å². The van der Waals surface area contributed by atoms with Crippen LogP contribution in [-0.2, 0) is 16.1 Å². The Kier molecular flexibility index (Phi) is 6.03. The summed E-state index contributed by atoms with van der Waals surface area (Å²) in [7, 11) is 1.57. The van der Waals surface area contributed by atoms with Crippen LogP contribution in [0, 0.1) is 0 Å². The Bertz CT molecular complexity index is 796. The molecular formula is C20H22N2O5. The molecule has 1 aliphatic rings. The number of likely N-dealkylation sites (tertiary alicyclic amines) is 1. The number of aliphatic carboxylic acids is 1. The van der Waals surface area contributed by atoms with Crippen LogP contribution in [0.25, 0.3) is 0 Å². The van der Waals surface area contributed by atoms with Gasteiger partial charge in [0.05, 0.1) is 12.5 Å². The monoisotopic (exact) mass is 370 g/mol. The number of carboxylic acids is 1. The quantitative estimate of drug-likeness (QED) is 0.805. The number of amides is 1. The number of hydrogen-bond donors (Lipinski definition) is 1. The lowest BCUT2D eigenvalue weighted by atomic mass is 10.1. The molecule has 3 rings (SSSR count). The fourth-order valence-corrected chi connectivity index (χ4v) is 3.22. The average molecular weight is 370 g/mol. The van der Waals surface area contributed by atoms with Crippen molar-refractivity contribution in [2.24, 2.45) is 0 Å². The van der Waals surface area contributed by atoms with Crippen molar-refractivity contribution in [2.45, 2.75) is 31.6 Å². The highest BCUT2D eigenvalue weighted by Gasteiger charge is 2.36. The molecule has 1 fully saturated rings. The largest absolute Gasteiger partial charge is 0.489 e. The lowest BCUT2D eigenvalue weighted by Gasteiger charge is -2.23. The Hall–Kier alpha value is -2.93. The number of pyridine rings is 1. The molecule has 0 spiro atoms. The maximum atomic E-state index is 12.9. The molecule has 1 N–H and O–H groups in total. The number of carbonyl (C=O) groups excluding carboxylic acids is 1. The fraction of sp³-hybridized carbons (Fsp3) is 0.350. The zero-order valence-electron chi connectivity index (χ0n) is 15.1. The van der Waals surface area contributed by atoms with Crippen molar-refractivity contribution in [3.63, 3.8) is 0 Å². The summed E-state index contributed by atoms with van der Waals surface area (Å²) in [6.07, 6.45) is 3.69. The van der Waals surface area contributed by atoms with Gasteiger partial charge in [0.2, 0.25) is 0 Å². The topological polar surface area (TPSA) is 89.0 Å². The van der Waals surface area contributed by atoms with Crippen LogP contribution in [0.1, 0.15) is 28.8 Å². The van der Waals surface area contributed by atoms with Crippen LogP contribution >= 0.6 is 0 Å². The van der Waals surface area contributed by atoms with E-state index >= 15 is 0 Å². The van der Waals surface area contributed by atoms with Crippen LogP contribution < -0.4 is 4.74 Å². The highest BCUT2D eigenvalue weighted by atomic mass is 16.5. The van der Waals surface area contributed by atoms with E-state index in [4.69, 9.17) is 14.6 Å². The van der Waals surface area contributed by atoms with Gasteiger partial charge in [-0.25, -0.2) is 0 Å². The first-order valence-corrected chi connectivity index (χ1v) is 8.74. The van der Waals surface area contributed by atoms with Gasteiger partial charge < -0.3 is 19.5 Å². The first-order chi connectivity index (χ1) is 13.1. The van der Waals surface area contributed by atoms with Crippen LogP contribution in [0.15, 0.2) is 48.8 Å². The summed E-state index contributed by atoms with van der Waals surface area (Å²) in [4.78, 5) is 29.7. The second-order valence-corrected chi connectivity index (χ2v) is 6.48. The summed E-state index contributed by atoms with van der Waals surface area (Å²) in [5, 5.41) is 9.12. The van der Waals surface area contributed by atoms with Crippen LogP contribution in [0.4, 0.5) is 0 Å². The molecule has 1 aromatic heterocycles. The number of ether oxygens (including phenoxy) is 2. The van der Waals surface area contributed by atoms with E-state index < -0.39 is 5.97 Å². The van der Waals surface area contributed by atoms with E-state index in [1.165, 1.54) is 0 Å². The molecule has 0 radical (unpaired) electrons. The highest BCUT2D eigenvalue weighted by molar-refractivity contribution is 5.95. The zero-order chi connectivity index (χ0) is 19.2. The molecule has 1 aliphatic heterocycles. The lowest BCUT2D eigenvalue weighted by Crippen LogP contribution is -2.37. The maximum Gasteiger partial charge on any atom is 0.305 e. The molecule has 2 aromatic rings. The molecule has 2 atom stereocenters. The molecule has 0 bridgehead atoms. The summed E-state index contributed by atoms with van der Waals surface area (Å²) in [6, 6.07) is 10.3. The molecule has 1 amide bonds. The number of nitrogens with zero attached hydrogens (tertiary/aromatic N) is 2. The van der Waals surface area contributed by atoms with Crippen LogP contribution in [0.2, 0.25) is 0 Å². The van der Waals surface area contributed by atoms with Gasteiger partial charge in [0.15, 0.2) is 0 Å². The van der Waals surface area contributed by atoms with E-state index in [9.17, 15) is 9.59 Å². The summed E-state index contributed by atoms with van der Waals surface area (Å²) >= 11 is 0. The number of methoxy groups -OCH3 is 1. The standard InChI is InChI=1S/C20H22N2O5/c1-26-18-9-16(10-19(23)24)22(12-18)20(25)15-5-2-6-17(8-15)27-13-14-4-3-7-21-11-14/h2-8,11,16,18H,9-10,12-13H2,1H3,(H,23,24). The number of carbonyl (C=O) groups is 2. The molecule has 0 saturated carbocycles. The van der Waals surface area contributed by atoms with Crippen molar-refractivity contribution in [3.8, 4) is 5.75 Å². The Labute approximate surface area is 157 Å². The molecule has 1 aromatic carbocycles. The van der Waals surface area contributed by atoms with Gasteiger partial charge in [-0.05, 0) is 30.7 Å². The molecule has 27 heavy (non-hydrogen) atoms. The third kappa shape index (κ3) is 4.83. The molecule has 7 heteroatoms.